The molecule has 1 aliphatic rings. The number of hydrogen-bond acceptors (Lipinski definition) is 3. The monoisotopic (exact) mass is 422 g/mol. The molecule has 0 aliphatic carbocycles. The van der Waals surface area contributed by atoms with Crippen molar-refractivity contribution >= 4 is 16.8 Å². The van der Waals surface area contributed by atoms with Crippen molar-refractivity contribution in [2.75, 3.05) is 46.3 Å². The lowest BCUT2D eigenvalue weighted by atomic mass is 10.0. The molecule has 1 aromatic heterocycles. The summed E-state index contributed by atoms with van der Waals surface area (Å²) in [5, 5.41) is 3.90. The van der Waals surface area contributed by atoms with Crippen molar-refractivity contribution in [2.45, 2.75) is 19.3 Å². The van der Waals surface area contributed by atoms with E-state index in [2.05, 4.69) is 27.1 Å². The third-order valence-corrected chi connectivity index (χ3v) is 6.10. The van der Waals surface area contributed by atoms with Gasteiger partial charge in [0.15, 0.2) is 0 Å². The quantitative estimate of drug-likeness (QED) is 0.545. The van der Waals surface area contributed by atoms with Crippen LogP contribution in [0.25, 0.3) is 22.2 Å². The van der Waals surface area contributed by atoms with Crippen LogP contribution in [0.2, 0.25) is 0 Å². The molecule has 1 amide bonds. The van der Waals surface area contributed by atoms with Gasteiger partial charge in [-0.3, -0.25) is 4.79 Å². The summed E-state index contributed by atoms with van der Waals surface area (Å²) >= 11 is 0. The lowest BCUT2D eigenvalue weighted by Gasteiger charge is -2.32. The summed E-state index contributed by atoms with van der Waals surface area (Å²) in [6.45, 7) is 6.14. The molecule has 0 bridgehead atoms. The number of aromatic amines is 1. The third kappa shape index (κ3) is 5.51. The number of H-pyrrole nitrogens is 1. The maximum atomic E-state index is 13.9. The fourth-order valence-electron chi connectivity index (χ4n) is 4.26. The zero-order chi connectivity index (χ0) is 21.6. The first kappa shape index (κ1) is 21.5. The lowest BCUT2D eigenvalue weighted by molar-refractivity contribution is -0.121. The Balaban J connectivity index is 1.35. The Labute approximate surface area is 183 Å². The van der Waals surface area contributed by atoms with Crippen LogP contribution in [0.1, 0.15) is 18.4 Å². The summed E-state index contributed by atoms with van der Waals surface area (Å²) in [4.78, 5) is 20.7. The first-order valence-corrected chi connectivity index (χ1v) is 11.1. The largest absolute Gasteiger partial charge is 0.356 e. The van der Waals surface area contributed by atoms with Gasteiger partial charge in [-0.15, -0.1) is 0 Å². The second-order valence-corrected chi connectivity index (χ2v) is 8.38. The minimum atomic E-state index is -0.263. The van der Waals surface area contributed by atoms with Crippen LogP contribution in [-0.2, 0) is 11.2 Å². The van der Waals surface area contributed by atoms with E-state index in [1.807, 2.05) is 30.3 Å². The Morgan fingerprint density at radius 1 is 1.10 bits per heavy atom. The van der Waals surface area contributed by atoms with Gasteiger partial charge in [-0.05, 0) is 55.8 Å². The SMILES string of the molecule is CN1CCN(CCCNC(=O)CCc2c(-c3ccccc3)[nH]c3ccc(F)cc23)CC1. The smallest absolute Gasteiger partial charge is 0.220 e. The summed E-state index contributed by atoms with van der Waals surface area (Å²) < 4.78 is 13.9. The number of likely N-dealkylation sites (N-methyl/N-ethyl adjacent to an activating group) is 1. The highest BCUT2D eigenvalue weighted by molar-refractivity contribution is 5.91. The molecule has 2 aromatic carbocycles. The number of benzene rings is 2. The Bertz CT molecular complexity index is 1010. The number of carbonyl (C=O) groups is 1. The molecule has 0 atom stereocenters. The molecule has 2 heterocycles. The third-order valence-electron chi connectivity index (χ3n) is 6.10. The molecule has 2 N–H and O–H groups in total. The molecule has 0 saturated carbocycles. The molecule has 0 radical (unpaired) electrons. The molecule has 0 unspecified atom stereocenters. The van der Waals surface area contributed by atoms with E-state index in [1.165, 1.54) is 6.07 Å². The van der Waals surface area contributed by atoms with Gasteiger partial charge in [0, 0.05) is 55.7 Å². The van der Waals surface area contributed by atoms with Crippen LogP contribution < -0.4 is 5.32 Å². The van der Waals surface area contributed by atoms with Gasteiger partial charge in [0.05, 0.1) is 0 Å². The van der Waals surface area contributed by atoms with Crippen molar-refractivity contribution in [2.24, 2.45) is 0 Å². The van der Waals surface area contributed by atoms with E-state index in [9.17, 15) is 9.18 Å². The highest BCUT2D eigenvalue weighted by Crippen LogP contribution is 2.31. The molecule has 4 rings (SSSR count). The minimum absolute atomic E-state index is 0.0446. The number of halogens is 1. The van der Waals surface area contributed by atoms with Crippen LogP contribution in [0.4, 0.5) is 4.39 Å². The lowest BCUT2D eigenvalue weighted by Crippen LogP contribution is -2.45. The second-order valence-electron chi connectivity index (χ2n) is 8.38. The van der Waals surface area contributed by atoms with Crippen molar-refractivity contribution in [3.8, 4) is 11.3 Å². The summed E-state index contributed by atoms with van der Waals surface area (Å²) in [5.41, 5.74) is 3.89. The van der Waals surface area contributed by atoms with E-state index in [0.29, 0.717) is 19.4 Å². The maximum Gasteiger partial charge on any atom is 0.220 e. The van der Waals surface area contributed by atoms with Crippen molar-refractivity contribution < 1.29 is 9.18 Å². The molecule has 3 aromatic rings. The minimum Gasteiger partial charge on any atom is -0.356 e. The van der Waals surface area contributed by atoms with Gasteiger partial charge < -0.3 is 20.1 Å². The molecule has 164 valence electrons. The highest BCUT2D eigenvalue weighted by atomic mass is 19.1. The van der Waals surface area contributed by atoms with E-state index < -0.39 is 0 Å². The number of amides is 1. The van der Waals surface area contributed by atoms with Crippen LogP contribution >= 0.6 is 0 Å². The van der Waals surface area contributed by atoms with Crippen LogP contribution in [0.15, 0.2) is 48.5 Å². The van der Waals surface area contributed by atoms with E-state index in [-0.39, 0.29) is 11.7 Å². The Hall–Kier alpha value is -2.70. The van der Waals surface area contributed by atoms with E-state index in [0.717, 1.165) is 66.9 Å². The van der Waals surface area contributed by atoms with Gasteiger partial charge in [0.25, 0.3) is 0 Å². The maximum absolute atomic E-state index is 13.9. The number of nitrogens with zero attached hydrogens (tertiary/aromatic N) is 2. The Kier molecular flexibility index (Phi) is 6.99. The Morgan fingerprint density at radius 3 is 2.65 bits per heavy atom. The summed E-state index contributed by atoms with van der Waals surface area (Å²) in [6.07, 6.45) is 1.92. The number of carbonyl (C=O) groups excluding carboxylic acids is 1. The molecule has 1 aliphatic heterocycles. The average molecular weight is 423 g/mol. The number of fused-ring (bicyclic) bond motifs is 1. The zero-order valence-corrected chi connectivity index (χ0v) is 18.2. The van der Waals surface area contributed by atoms with Crippen molar-refractivity contribution in [3.05, 3.63) is 59.9 Å². The van der Waals surface area contributed by atoms with Gasteiger partial charge in [-0.25, -0.2) is 4.39 Å². The fraction of sp³-hybridized carbons (Fsp3) is 0.400. The summed E-state index contributed by atoms with van der Waals surface area (Å²) in [6, 6.07) is 14.8. The zero-order valence-electron chi connectivity index (χ0n) is 18.2. The Morgan fingerprint density at radius 2 is 1.87 bits per heavy atom. The number of nitrogens with one attached hydrogen (secondary N) is 2. The standard InChI is InChI=1S/C25H31FN4O/c1-29-14-16-30(17-15-29)13-5-12-27-24(31)11-9-21-22-18-20(26)8-10-23(22)28-25(21)19-6-3-2-4-7-19/h2-4,6-8,10,18,28H,5,9,11-17H2,1H3,(H,27,31). The van der Waals surface area contributed by atoms with Crippen LogP contribution in [0, 0.1) is 5.82 Å². The number of aromatic nitrogens is 1. The highest BCUT2D eigenvalue weighted by Gasteiger charge is 2.16. The van der Waals surface area contributed by atoms with Crippen LogP contribution in [-0.4, -0.2) is 67.0 Å². The molecular formula is C25H31FN4O. The summed E-state index contributed by atoms with van der Waals surface area (Å²) in [7, 11) is 2.16. The number of aryl methyl sites for hydroxylation is 1. The summed E-state index contributed by atoms with van der Waals surface area (Å²) in [5.74, 6) is -0.219. The predicted octanol–water partition coefficient (Wildman–Crippen LogP) is 3.66. The van der Waals surface area contributed by atoms with E-state index >= 15 is 0 Å². The van der Waals surface area contributed by atoms with Crippen LogP contribution in [0.5, 0.6) is 0 Å². The molecule has 6 heteroatoms. The molecule has 0 spiro atoms. The number of hydrogen-bond donors (Lipinski definition) is 2. The van der Waals surface area contributed by atoms with Gasteiger partial charge in [0.1, 0.15) is 5.82 Å². The molecule has 5 nitrogen and oxygen atoms in total. The first-order valence-electron chi connectivity index (χ1n) is 11.1. The van der Waals surface area contributed by atoms with Crippen molar-refractivity contribution in [1.29, 1.82) is 0 Å². The predicted molar refractivity (Wildman–Crippen MR) is 124 cm³/mol. The topological polar surface area (TPSA) is 51.4 Å². The van der Waals surface area contributed by atoms with Crippen LogP contribution in [0.3, 0.4) is 0 Å². The van der Waals surface area contributed by atoms with Gasteiger partial charge in [0.2, 0.25) is 5.91 Å². The van der Waals surface area contributed by atoms with Crippen molar-refractivity contribution in [1.82, 2.24) is 20.1 Å². The van der Waals surface area contributed by atoms with Gasteiger partial charge in [-0.1, -0.05) is 30.3 Å². The van der Waals surface area contributed by atoms with E-state index in [1.54, 1.807) is 12.1 Å². The first-order chi connectivity index (χ1) is 15.1. The normalized spacial score (nSPS) is 15.4. The van der Waals surface area contributed by atoms with Gasteiger partial charge >= 0.3 is 0 Å². The molecule has 1 fully saturated rings. The molecular weight excluding hydrogens is 391 g/mol. The second kappa shape index (κ2) is 10.1. The molecule has 1 saturated heterocycles. The fourth-order valence-corrected chi connectivity index (χ4v) is 4.26. The van der Waals surface area contributed by atoms with E-state index in [4.69, 9.17) is 0 Å². The van der Waals surface area contributed by atoms with Gasteiger partial charge in [-0.2, -0.15) is 0 Å². The molecule has 31 heavy (non-hydrogen) atoms. The number of piperazine rings is 1. The average Bonchev–Trinajstić information content (AvgIpc) is 3.15. The van der Waals surface area contributed by atoms with Crippen molar-refractivity contribution in [3.63, 3.8) is 0 Å². The number of rotatable bonds is 8.